The van der Waals surface area contributed by atoms with E-state index in [1.165, 1.54) is 24.3 Å². The van der Waals surface area contributed by atoms with E-state index in [0.717, 1.165) is 5.56 Å². The lowest BCUT2D eigenvalue weighted by Gasteiger charge is -2.11. The van der Waals surface area contributed by atoms with Crippen LogP contribution in [0.3, 0.4) is 0 Å². The molecule has 0 saturated carbocycles. The molecule has 0 aliphatic rings. The van der Waals surface area contributed by atoms with Gasteiger partial charge in [0.2, 0.25) is 10.0 Å². The molecule has 2 aromatic rings. The van der Waals surface area contributed by atoms with Crippen molar-refractivity contribution in [2.75, 3.05) is 0 Å². The fraction of sp³-hybridized carbons (Fsp3) is 0.143. The highest BCUT2D eigenvalue weighted by molar-refractivity contribution is 7.89. The van der Waals surface area contributed by atoms with Gasteiger partial charge in [0.1, 0.15) is 23.1 Å². The average molecular weight is 295 g/mol. The third-order valence-corrected chi connectivity index (χ3v) is 3.62. The van der Waals surface area contributed by atoms with Crippen LogP contribution in [0.4, 0.5) is 4.39 Å². The number of rotatable bonds is 4. The first-order valence-corrected chi connectivity index (χ1v) is 7.41. The zero-order valence-corrected chi connectivity index (χ0v) is 11.7. The van der Waals surface area contributed by atoms with E-state index in [1.54, 1.807) is 25.1 Å². The van der Waals surface area contributed by atoms with Crippen LogP contribution < -0.4 is 9.88 Å². The molecule has 0 spiro atoms. The summed E-state index contributed by atoms with van der Waals surface area (Å²) in [6.07, 6.45) is 0. The highest BCUT2D eigenvalue weighted by atomic mass is 32.2. The van der Waals surface area contributed by atoms with Gasteiger partial charge in [-0.15, -0.1) is 0 Å². The van der Waals surface area contributed by atoms with Gasteiger partial charge < -0.3 is 4.74 Å². The van der Waals surface area contributed by atoms with Crippen molar-refractivity contribution in [3.05, 3.63) is 59.4 Å². The molecule has 0 amide bonds. The number of primary sulfonamides is 1. The Kier molecular flexibility index (Phi) is 4.06. The monoisotopic (exact) mass is 295 g/mol. The molecular weight excluding hydrogens is 281 g/mol. The normalized spacial score (nSPS) is 11.3. The zero-order chi connectivity index (χ0) is 14.8. The summed E-state index contributed by atoms with van der Waals surface area (Å²) in [6.45, 7) is 1.81. The molecule has 0 radical (unpaired) electrons. The Morgan fingerprint density at radius 3 is 2.60 bits per heavy atom. The first kappa shape index (κ1) is 14.5. The number of ether oxygens (including phenoxy) is 1. The molecule has 0 saturated heterocycles. The van der Waals surface area contributed by atoms with E-state index < -0.39 is 10.0 Å². The van der Waals surface area contributed by atoms with Crippen LogP contribution in [0, 0.1) is 12.7 Å². The Labute approximate surface area is 117 Å². The van der Waals surface area contributed by atoms with Crippen molar-refractivity contribution in [3.8, 4) is 5.75 Å². The van der Waals surface area contributed by atoms with Crippen LogP contribution in [-0.4, -0.2) is 8.42 Å². The summed E-state index contributed by atoms with van der Waals surface area (Å²) in [7, 11) is -3.87. The third-order valence-electron chi connectivity index (χ3n) is 2.69. The van der Waals surface area contributed by atoms with E-state index in [2.05, 4.69) is 0 Å². The molecule has 2 N–H and O–H groups in total. The molecule has 0 bridgehead atoms. The summed E-state index contributed by atoms with van der Waals surface area (Å²) in [5.41, 5.74) is 1.36. The minimum absolute atomic E-state index is 0.0589. The molecule has 4 nitrogen and oxygen atoms in total. The van der Waals surface area contributed by atoms with Gasteiger partial charge in [0.15, 0.2) is 0 Å². The van der Waals surface area contributed by atoms with Crippen molar-refractivity contribution in [2.24, 2.45) is 5.14 Å². The maximum Gasteiger partial charge on any atom is 0.241 e. The van der Waals surface area contributed by atoms with Crippen molar-refractivity contribution >= 4 is 10.0 Å². The summed E-state index contributed by atoms with van der Waals surface area (Å²) in [5, 5.41) is 5.15. The fourth-order valence-electron chi connectivity index (χ4n) is 1.74. The van der Waals surface area contributed by atoms with Crippen LogP contribution in [-0.2, 0) is 16.6 Å². The third kappa shape index (κ3) is 3.55. The maximum atomic E-state index is 13.0. The molecule has 6 heteroatoms. The van der Waals surface area contributed by atoms with Gasteiger partial charge in [0, 0.05) is 0 Å². The molecule has 0 unspecified atom stereocenters. The number of nitrogens with two attached hydrogens (primary N) is 1. The number of benzene rings is 2. The molecule has 0 atom stereocenters. The summed E-state index contributed by atoms with van der Waals surface area (Å²) < 4.78 is 41.5. The van der Waals surface area contributed by atoms with Crippen LogP contribution in [0.1, 0.15) is 11.1 Å². The molecule has 0 aliphatic heterocycles. The van der Waals surface area contributed by atoms with Crippen LogP contribution in [0.5, 0.6) is 5.75 Å². The first-order valence-electron chi connectivity index (χ1n) is 5.87. The SMILES string of the molecule is Cc1ccc(OCc2cccc(F)c2)c(S(N)(=O)=O)c1. The highest BCUT2D eigenvalue weighted by Gasteiger charge is 2.15. The quantitative estimate of drug-likeness (QED) is 0.941. The summed E-state index contributed by atoms with van der Waals surface area (Å²) >= 11 is 0. The Balaban J connectivity index is 2.26. The lowest BCUT2D eigenvalue weighted by molar-refractivity contribution is 0.297. The van der Waals surface area contributed by atoms with Crippen LogP contribution in [0.25, 0.3) is 0 Å². The molecule has 2 aromatic carbocycles. The number of sulfonamides is 1. The first-order chi connectivity index (χ1) is 9.36. The molecule has 0 heterocycles. The van der Waals surface area contributed by atoms with Crippen molar-refractivity contribution < 1.29 is 17.5 Å². The number of halogens is 1. The summed E-state index contributed by atoms with van der Waals surface area (Å²) in [4.78, 5) is -0.0751. The van der Waals surface area contributed by atoms with Crippen molar-refractivity contribution in [2.45, 2.75) is 18.4 Å². The van der Waals surface area contributed by atoms with E-state index in [9.17, 15) is 12.8 Å². The van der Waals surface area contributed by atoms with Crippen molar-refractivity contribution in [3.63, 3.8) is 0 Å². The predicted molar refractivity (Wildman–Crippen MR) is 73.3 cm³/mol. The molecule has 20 heavy (non-hydrogen) atoms. The number of hydrogen-bond acceptors (Lipinski definition) is 3. The van der Waals surface area contributed by atoms with E-state index >= 15 is 0 Å². The van der Waals surface area contributed by atoms with Gasteiger partial charge in [-0.2, -0.15) is 0 Å². The Bertz CT molecular complexity index is 729. The molecule has 2 rings (SSSR count). The highest BCUT2D eigenvalue weighted by Crippen LogP contribution is 2.24. The Hall–Kier alpha value is -1.92. The van der Waals surface area contributed by atoms with Gasteiger partial charge in [0.25, 0.3) is 0 Å². The van der Waals surface area contributed by atoms with E-state index in [0.29, 0.717) is 5.56 Å². The topological polar surface area (TPSA) is 69.4 Å². The van der Waals surface area contributed by atoms with Crippen molar-refractivity contribution in [1.82, 2.24) is 0 Å². The van der Waals surface area contributed by atoms with Gasteiger partial charge in [-0.3, -0.25) is 0 Å². The molecule has 106 valence electrons. The minimum Gasteiger partial charge on any atom is -0.487 e. The van der Waals surface area contributed by atoms with Crippen LogP contribution in [0.2, 0.25) is 0 Å². The standard InChI is InChI=1S/C14H14FNO3S/c1-10-5-6-13(14(7-10)20(16,17)18)19-9-11-3-2-4-12(15)8-11/h2-8H,9H2,1H3,(H2,16,17,18). The largest absolute Gasteiger partial charge is 0.487 e. The van der Waals surface area contributed by atoms with E-state index in [4.69, 9.17) is 9.88 Å². The van der Waals surface area contributed by atoms with Crippen LogP contribution >= 0.6 is 0 Å². The predicted octanol–water partition coefficient (Wildman–Crippen LogP) is 2.36. The van der Waals surface area contributed by atoms with E-state index in [-0.39, 0.29) is 23.1 Å². The second-order valence-corrected chi connectivity index (χ2v) is 5.94. The summed E-state index contributed by atoms with van der Waals surface area (Å²) in [6, 6.07) is 10.6. The minimum atomic E-state index is -3.87. The summed E-state index contributed by atoms with van der Waals surface area (Å²) in [5.74, 6) is -0.218. The molecular formula is C14H14FNO3S. The molecule has 0 fully saturated rings. The van der Waals surface area contributed by atoms with Gasteiger partial charge in [-0.25, -0.2) is 17.9 Å². The van der Waals surface area contributed by atoms with Gasteiger partial charge in [-0.05, 0) is 42.3 Å². The zero-order valence-electron chi connectivity index (χ0n) is 10.8. The van der Waals surface area contributed by atoms with E-state index in [1.807, 2.05) is 0 Å². The second-order valence-electron chi connectivity index (χ2n) is 4.41. The van der Waals surface area contributed by atoms with Gasteiger partial charge >= 0.3 is 0 Å². The Morgan fingerprint density at radius 1 is 1.20 bits per heavy atom. The number of hydrogen-bond donors (Lipinski definition) is 1. The van der Waals surface area contributed by atoms with Crippen LogP contribution in [0.15, 0.2) is 47.4 Å². The fourth-order valence-corrected chi connectivity index (χ4v) is 2.50. The van der Waals surface area contributed by atoms with Gasteiger partial charge in [0.05, 0.1) is 0 Å². The Morgan fingerprint density at radius 2 is 1.95 bits per heavy atom. The number of aryl methyl sites for hydroxylation is 1. The maximum absolute atomic E-state index is 13.0. The van der Waals surface area contributed by atoms with Gasteiger partial charge in [-0.1, -0.05) is 18.2 Å². The van der Waals surface area contributed by atoms with Crippen molar-refractivity contribution in [1.29, 1.82) is 0 Å². The molecule has 0 aliphatic carbocycles. The smallest absolute Gasteiger partial charge is 0.241 e. The average Bonchev–Trinajstić information content (AvgIpc) is 2.36. The lowest BCUT2D eigenvalue weighted by atomic mass is 10.2. The second kappa shape index (κ2) is 5.60. The lowest BCUT2D eigenvalue weighted by Crippen LogP contribution is -2.14. The molecule has 0 aromatic heterocycles.